The van der Waals surface area contributed by atoms with Gasteiger partial charge in [0.2, 0.25) is 5.91 Å². The van der Waals surface area contributed by atoms with Crippen molar-refractivity contribution in [2.45, 2.75) is 17.5 Å². The fourth-order valence-corrected chi connectivity index (χ4v) is 3.70. The van der Waals surface area contributed by atoms with Crippen molar-refractivity contribution in [2.75, 3.05) is 0 Å². The van der Waals surface area contributed by atoms with Gasteiger partial charge in [-0.15, -0.1) is 4.83 Å². The highest BCUT2D eigenvalue weighted by Gasteiger charge is 2.36. The van der Waals surface area contributed by atoms with Crippen LogP contribution in [0.25, 0.3) is 10.9 Å². The lowest BCUT2D eigenvalue weighted by atomic mass is 10.1. The van der Waals surface area contributed by atoms with E-state index < -0.39 is 32.6 Å². The molecule has 2 aromatic carbocycles. The second-order valence-corrected chi connectivity index (χ2v) is 7.33. The van der Waals surface area contributed by atoms with Gasteiger partial charge in [-0.2, -0.15) is 13.2 Å². The standard InChI is InChI=1S/C17H14F3N3O3S/c18-17(19,20)13-6-2-4-8-15(13)27(25,26)23-22-16(24)9-11-10-21-14-7-3-1-5-12(11)14/h1-8,10,21,23H,9H2,(H,22,24). The van der Waals surface area contributed by atoms with Crippen molar-refractivity contribution >= 4 is 26.8 Å². The maximum Gasteiger partial charge on any atom is 0.417 e. The summed E-state index contributed by atoms with van der Waals surface area (Å²) in [4.78, 5) is 15.8. The molecule has 6 nitrogen and oxygen atoms in total. The first kappa shape index (κ1) is 18.9. The molecule has 10 heteroatoms. The fourth-order valence-electron chi connectivity index (χ4n) is 2.61. The number of H-pyrrole nitrogens is 1. The number of benzene rings is 2. The largest absolute Gasteiger partial charge is 0.417 e. The van der Waals surface area contributed by atoms with Gasteiger partial charge in [0.1, 0.15) is 0 Å². The summed E-state index contributed by atoms with van der Waals surface area (Å²) < 4.78 is 63.4. The minimum Gasteiger partial charge on any atom is -0.361 e. The lowest BCUT2D eigenvalue weighted by Gasteiger charge is -2.14. The summed E-state index contributed by atoms with van der Waals surface area (Å²) in [7, 11) is -4.60. The van der Waals surface area contributed by atoms with Crippen LogP contribution >= 0.6 is 0 Å². The zero-order chi connectivity index (χ0) is 19.7. The van der Waals surface area contributed by atoms with Gasteiger partial charge >= 0.3 is 6.18 Å². The minimum absolute atomic E-state index is 0.159. The van der Waals surface area contributed by atoms with Gasteiger partial charge in [0.05, 0.1) is 16.9 Å². The second-order valence-electron chi connectivity index (χ2n) is 5.68. The topological polar surface area (TPSA) is 91.1 Å². The number of hydrogen-bond acceptors (Lipinski definition) is 3. The maximum absolute atomic E-state index is 13.0. The zero-order valence-electron chi connectivity index (χ0n) is 13.7. The number of hydrogen-bond donors (Lipinski definition) is 3. The van der Waals surface area contributed by atoms with Gasteiger partial charge < -0.3 is 4.98 Å². The molecular weight excluding hydrogens is 383 g/mol. The number of amides is 1. The Kier molecular flexibility index (Phi) is 4.94. The van der Waals surface area contributed by atoms with E-state index in [1.807, 2.05) is 17.6 Å². The predicted octanol–water partition coefficient (Wildman–Crippen LogP) is 2.74. The molecule has 0 aliphatic carbocycles. The van der Waals surface area contributed by atoms with Crippen molar-refractivity contribution in [1.29, 1.82) is 0 Å². The molecule has 0 unspecified atom stereocenters. The molecule has 0 radical (unpaired) electrons. The molecule has 0 fully saturated rings. The Labute approximate surface area is 152 Å². The molecule has 1 heterocycles. The summed E-state index contributed by atoms with van der Waals surface area (Å²) in [5.74, 6) is -0.715. The molecule has 0 spiro atoms. The number of carbonyl (C=O) groups is 1. The summed E-state index contributed by atoms with van der Waals surface area (Å²) in [6, 6.07) is 10.9. The van der Waals surface area contributed by atoms with Crippen LogP contribution in [0.15, 0.2) is 59.6 Å². The number of halogens is 3. The highest BCUT2D eigenvalue weighted by atomic mass is 32.2. The summed E-state index contributed by atoms with van der Waals surface area (Å²) in [6.45, 7) is 0. The highest BCUT2D eigenvalue weighted by Crippen LogP contribution is 2.33. The number of aromatic amines is 1. The molecule has 0 bridgehead atoms. The molecule has 0 saturated heterocycles. The molecule has 0 saturated carbocycles. The molecule has 0 aliphatic rings. The Bertz CT molecular complexity index is 1090. The highest BCUT2D eigenvalue weighted by molar-refractivity contribution is 7.89. The van der Waals surface area contributed by atoms with E-state index in [2.05, 4.69) is 4.98 Å². The number of carbonyl (C=O) groups excluding carboxylic acids is 1. The molecule has 0 atom stereocenters. The Morgan fingerprint density at radius 2 is 1.70 bits per heavy atom. The first-order chi connectivity index (χ1) is 12.7. The lowest BCUT2D eigenvalue weighted by Crippen LogP contribution is -2.42. The number of para-hydroxylation sites is 1. The number of sulfonamides is 1. The van der Waals surface area contributed by atoms with Gasteiger partial charge in [-0.1, -0.05) is 30.3 Å². The van der Waals surface area contributed by atoms with Crippen LogP contribution in [0.4, 0.5) is 13.2 Å². The number of aromatic nitrogens is 1. The van der Waals surface area contributed by atoms with E-state index in [-0.39, 0.29) is 6.42 Å². The van der Waals surface area contributed by atoms with Crippen LogP contribution < -0.4 is 10.3 Å². The summed E-state index contributed by atoms with van der Waals surface area (Å²) in [5.41, 5.74) is 2.06. The Morgan fingerprint density at radius 1 is 1.04 bits per heavy atom. The smallest absolute Gasteiger partial charge is 0.361 e. The SMILES string of the molecule is O=C(Cc1c[nH]c2ccccc12)NNS(=O)(=O)c1ccccc1C(F)(F)F. The molecule has 3 N–H and O–H groups in total. The predicted molar refractivity (Wildman–Crippen MR) is 91.9 cm³/mol. The molecule has 3 aromatic rings. The fraction of sp³-hybridized carbons (Fsp3) is 0.118. The quantitative estimate of drug-likeness (QED) is 0.578. The van der Waals surface area contributed by atoms with Gasteiger partial charge in [-0.3, -0.25) is 10.2 Å². The van der Waals surface area contributed by atoms with Gasteiger partial charge in [-0.05, 0) is 23.8 Å². The Hall–Kier alpha value is -2.85. The molecule has 1 aromatic heterocycles. The number of fused-ring (bicyclic) bond motifs is 1. The van der Waals surface area contributed by atoms with Crippen molar-refractivity contribution < 1.29 is 26.4 Å². The van der Waals surface area contributed by atoms with Crippen molar-refractivity contribution in [3.63, 3.8) is 0 Å². The third kappa shape index (κ3) is 4.12. The van der Waals surface area contributed by atoms with E-state index in [0.29, 0.717) is 11.6 Å². The zero-order valence-corrected chi connectivity index (χ0v) is 14.5. The van der Waals surface area contributed by atoms with Crippen molar-refractivity contribution in [3.8, 4) is 0 Å². The summed E-state index contributed by atoms with van der Waals surface area (Å²) in [5, 5.41) is 0.790. The van der Waals surface area contributed by atoms with Crippen LogP contribution in [0, 0.1) is 0 Å². The maximum atomic E-state index is 13.0. The normalized spacial score (nSPS) is 12.3. The van der Waals surface area contributed by atoms with Crippen LogP contribution in [0.5, 0.6) is 0 Å². The van der Waals surface area contributed by atoms with Gasteiger partial charge in [0.15, 0.2) is 0 Å². The van der Waals surface area contributed by atoms with Crippen LogP contribution in [0.1, 0.15) is 11.1 Å². The first-order valence-electron chi connectivity index (χ1n) is 7.70. The van der Waals surface area contributed by atoms with Crippen LogP contribution in [-0.2, 0) is 27.4 Å². The Balaban J connectivity index is 1.73. The monoisotopic (exact) mass is 397 g/mol. The van der Waals surface area contributed by atoms with Gasteiger partial charge in [-0.25, -0.2) is 8.42 Å². The van der Waals surface area contributed by atoms with Crippen LogP contribution in [0.3, 0.4) is 0 Å². The van der Waals surface area contributed by atoms with E-state index in [0.717, 1.165) is 29.1 Å². The molecular formula is C17H14F3N3O3S. The van der Waals surface area contributed by atoms with Crippen molar-refractivity contribution in [3.05, 3.63) is 65.9 Å². The molecule has 1 amide bonds. The molecule has 27 heavy (non-hydrogen) atoms. The van der Waals surface area contributed by atoms with E-state index in [9.17, 15) is 26.4 Å². The first-order valence-corrected chi connectivity index (χ1v) is 9.18. The van der Waals surface area contributed by atoms with E-state index in [1.165, 1.54) is 0 Å². The van der Waals surface area contributed by atoms with Crippen molar-refractivity contribution in [2.24, 2.45) is 0 Å². The molecule has 142 valence electrons. The average Bonchev–Trinajstić information content (AvgIpc) is 3.02. The number of hydrazine groups is 1. The second kappa shape index (κ2) is 7.05. The molecule has 0 aliphatic heterocycles. The minimum atomic E-state index is -4.85. The Morgan fingerprint density at radius 3 is 2.44 bits per heavy atom. The summed E-state index contributed by atoms with van der Waals surface area (Å²) in [6.07, 6.45) is -3.40. The van der Waals surface area contributed by atoms with E-state index in [4.69, 9.17) is 0 Å². The van der Waals surface area contributed by atoms with Crippen molar-refractivity contribution in [1.82, 2.24) is 15.2 Å². The average molecular weight is 397 g/mol. The lowest BCUT2D eigenvalue weighted by molar-refractivity contribution is -0.139. The third-order valence-corrected chi connectivity index (χ3v) is 5.14. The van der Waals surface area contributed by atoms with E-state index in [1.54, 1.807) is 23.2 Å². The van der Waals surface area contributed by atoms with Crippen LogP contribution in [0.2, 0.25) is 0 Å². The molecule has 3 rings (SSSR count). The van der Waals surface area contributed by atoms with Gasteiger partial charge in [0.25, 0.3) is 10.0 Å². The number of nitrogens with one attached hydrogen (secondary N) is 3. The van der Waals surface area contributed by atoms with E-state index >= 15 is 0 Å². The number of alkyl halides is 3. The third-order valence-electron chi connectivity index (χ3n) is 3.83. The summed E-state index contributed by atoms with van der Waals surface area (Å²) >= 11 is 0. The van der Waals surface area contributed by atoms with Crippen LogP contribution in [-0.4, -0.2) is 19.3 Å². The van der Waals surface area contributed by atoms with Gasteiger partial charge in [0, 0.05) is 17.1 Å². The number of rotatable bonds is 5.